The monoisotopic (exact) mass is 298 g/mol. The smallest absolute Gasteiger partial charge is 0.336 e. The van der Waals surface area contributed by atoms with Gasteiger partial charge < -0.3 is 14.2 Å². The molecule has 4 nitrogen and oxygen atoms in total. The van der Waals surface area contributed by atoms with Crippen LogP contribution >= 0.6 is 0 Å². The zero-order valence-electron chi connectivity index (χ0n) is 12.7. The largest absolute Gasteiger partial charge is 0.469 e. The molecule has 114 valence electrons. The summed E-state index contributed by atoms with van der Waals surface area (Å²) < 4.78 is 10.6. The van der Waals surface area contributed by atoms with Gasteiger partial charge in [0.15, 0.2) is 0 Å². The minimum absolute atomic E-state index is 0.282. The molecule has 0 aliphatic heterocycles. The number of nitrogens with two attached hydrogens (primary N) is 1. The second-order valence-corrected chi connectivity index (χ2v) is 5.39. The van der Waals surface area contributed by atoms with Gasteiger partial charge in [-0.15, -0.1) is 0 Å². The maximum absolute atomic E-state index is 11.7. The van der Waals surface area contributed by atoms with E-state index in [9.17, 15) is 4.79 Å². The summed E-state index contributed by atoms with van der Waals surface area (Å²) in [7, 11) is 0. The van der Waals surface area contributed by atoms with Crippen molar-refractivity contribution in [3.8, 4) is 0 Å². The average molecular weight is 298 g/mol. The molecule has 0 bridgehead atoms. The van der Waals surface area contributed by atoms with Crippen molar-refractivity contribution in [2.24, 2.45) is 0 Å². The summed E-state index contributed by atoms with van der Waals surface area (Å²) >= 11 is 0. The van der Waals surface area contributed by atoms with Crippen LogP contribution in [0.25, 0.3) is 11.0 Å². The summed E-state index contributed by atoms with van der Waals surface area (Å²) in [6.45, 7) is 3.77. The van der Waals surface area contributed by atoms with Crippen LogP contribution in [0.4, 0.5) is 0 Å². The Labute approximate surface area is 128 Å². The van der Waals surface area contributed by atoms with Gasteiger partial charge in [-0.25, -0.2) is 4.79 Å². The van der Waals surface area contributed by atoms with Crippen molar-refractivity contribution in [3.05, 3.63) is 70.0 Å². The van der Waals surface area contributed by atoms with Crippen LogP contribution in [0, 0.1) is 0 Å². The van der Waals surface area contributed by atoms with Gasteiger partial charge in [-0.3, -0.25) is 0 Å². The number of fused-ring (bicyclic) bond motifs is 1. The third-order valence-electron chi connectivity index (χ3n) is 3.84. The van der Waals surface area contributed by atoms with E-state index < -0.39 is 0 Å². The van der Waals surface area contributed by atoms with Crippen molar-refractivity contribution in [1.29, 1.82) is 0 Å². The van der Waals surface area contributed by atoms with Gasteiger partial charge >= 0.3 is 5.63 Å². The van der Waals surface area contributed by atoms with E-state index in [1.54, 1.807) is 12.3 Å². The van der Waals surface area contributed by atoms with Crippen molar-refractivity contribution < 1.29 is 14.2 Å². The number of furan rings is 1. The molecule has 22 heavy (non-hydrogen) atoms. The molecule has 0 unspecified atom stereocenters. The van der Waals surface area contributed by atoms with Crippen LogP contribution in [0.1, 0.15) is 23.8 Å². The normalized spacial score (nSPS) is 11.1. The van der Waals surface area contributed by atoms with Crippen LogP contribution in [0.2, 0.25) is 0 Å². The molecule has 2 N–H and O–H groups in total. The Bertz CT molecular complexity index is 803. The molecule has 0 aliphatic rings. The predicted octanol–water partition coefficient (Wildman–Crippen LogP) is 2.25. The van der Waals surface area contributed by atoms with Gasteiger partial charge in [0, 0.05) is 17.0 Å². The van der Waals surface area contributed by atoms with E-state index in [0.29, 0.717) is 5.58 Å². The summed E-state index contributed by atoms with van der Waals surface area (Å²) in [6, 6.07) is 11.6. The molecule has 1 aromatic carbocycles. The van der Waals surface area contributed by atoms with Gasteiger partial charge in [0.2, 0.25) is 0 Å². The number of rotatable bonds is 6. The highest BCUT2D eigenvalue weighted by Gasteiger charge is 2.08. The molecular formula is C18H20NO3+. The lowest BCUT2D eigenvalue weighted by atomic mass is 10.1. The molecule has 0 aliphatic carbocycles. The number of hydrogen-bond donors (Lipinski definition) is 1. The van der Waals surface area contributed by atoms with Crippen molar-refractivity contribution in [3.63, 3.8) is 0 Å². The standard InChI is InChI=1S/C18H19NO3/c1-2-13-5-6-16-14(11-18(20)22-17(16)10-13)12-19-8-7-15-4-3-9-21-15/h3-6,9-11,19H,2,7-8,12H2,1H3/p+1. The molecule has 0 fully saturated rings. The van der Waals surface area contributed by atoms with E-state index in [-0.39, 0.29) is 5.63 Å². The second kappa shape index (κ2) is 6.62. The molecule has 0 atom stereocenters. The first-order chi connectivity index (χ1) is 10.8. The summed E-state index contributed by atoms with van der Waals surface area (Å²) in [5.41, 5.74) is 2.60. The van der Waals surface area contributed by atoms with Gasteiger partial charge in [0.25, 0.3) is 0 Å². The summed E-state index contributed by atoms with van der Waals surface area (Å²) in [5, 5.41) is 3.20. The maximum atomic E-state index is 11.7. The highest BCUT2D eigenvalue weighted by Crippen LogP contribution is 2.18. The zero-order chi connectivity index (χ0) is 15.4. The van der Waals surface area contributed by atoms with E-state index in [0.717, 1.165) is 42.6 Å². The molecule has 0 radical (unpaired) electrons. The SMILES string of the molecule is CCc1ccc2c(C[NH2+]CCc3ccco3)cc(=O)oc2c1. The van der Waals surface area contributed by atoms with Crippen molar-refractivity contribution in [1.82, 2.24) is 0 Å². The summed E-state index contributed by atoms with van der Waals surface area (Å²) in [5.74, 6) is 0.987. The Morgan fingerprint density at radius 2 is 2.09 bits per heavy atom. The first kappa shape index (κ1) is 14.6. The van der Waals surface area contributed by atoms with E-state index in [1.165, 1.54) is 5.56 Å². The van der Waals surface area contributed by atoms with E-state index in [1.807, 2.05) is 24.3 Å². The zero-order valence-corrected chi connectivity index (χ0v) is 12.7. The minimum Gasteiger partial charge on any atom is -0.469 e. The highest BCUT2D eigenvalue weighted by atomic mass is 16.4. The molecule has 3 rings (SSSR count). The number of quaternary nitrogens is 1. The van der Waals surface area contributed by atoms with Crippen LogP contribution < -0.4 is 10.9 Å². The molecular weight excluding hydrogens is 278 g/mol. The number of aryl methyl sites for hydroxylation is 1. The Balaban J connectivity index is 1.73. The number of hydrogen-bond acceptors (Lipinski definition) is 3. The van der Waals surface area contributed by atoms with Crippen LogP contribution in [0.3, 0.4) is 0 Å². The van der Waals surface area contributed by atoms with Crippen molar-refractivity contribution >= 4 is 11.0 Å². The van der Waals surface area contributed by atoms with E-state index in [4.69, 9.17) is 8.83 Å². The molecule has 2 aromatic heterocycles. The summed E-state index contributed by atoms with van der Waals surface area (Å²) in [6.07, 6.45) is 3.50. The predicted molar refractivity (Wildman–Crippen MR) is 84.8 cm³/mol. The third kappa shape index (κ3) is 3.28. The third-order valence-corrected chi connectivity index (χ3v) is 3.84. The molecule has 4 heteroatoms. The molecule has 3 aromatic rings. The molecule has 0 saturated heterocycles. The summed E-state index contributed by atoms with van der Waals surface area (Å²) in [4.78, 5) is 11.7. The molecule has 0 saturated carbocycles. The van der Waals surface area contributed by atoms with Crippen LogP contribution in [-0.4, -0.2) is 6.54 Å². The fourth-order valence-corrected chi connectivity index (χ4v) is 2.62. The Hall–Kier alpha value is -2.33. The van der Waals surface area contributed by atoms with Gasteiger partial charge in [-0.1, -0.05) is 19.1 Å². The van der Waals surface area contributed by atoms with Crippen LogP contribution in [0.5, 0.6) is 0 Å². The Morgan fingerprint density at radius 3 is 2.86 bits per heavy atom. The van der Waals surface area contributed by atoms with Gasteiger partial charge in [0.05, 0.1) is 19.2 Å². The molecule has 0 spiro atoms. The minimum atomic E-state index is -0.282. The maximum Gasteiger partial charge on any atom is 0.336 e. The first-order valence-electron chi connectivity index (χ1n) is 7.66. The fourth-order valence-electron chi connectivity index (χ4n) is 2.62. The molecule has 2 heterocycles. The van der Waals surface area contributed by atoms with Crippen molar-refractivity contribution in [2.75, 3.05) is 6.54 Å². The topological polar surface area (TPSA) is 60.0 Å². The van der Waals surface area contributed by atoms with Gasteiger partial charge in [0.1, 0.15) is 17.9 Å². The lowest BCUT2D eigenvalue weighted by Crippen LogP contribution is -2.83. The van der Waals surface area contributed by atoms with E-state index >= 15 is 0 Å². The van der Waals surface area contributed by atoms with E-state index in [2.05, 4.69) is 18.3 Å². The lowest BCUT2D eigenvalue weighted by molar-refractivity contribution is -0.670. The van der Waals surface area contributed by atoms with Crippen LogP contribution in [0.15, 0.2) is 56.3 Å². The Kier molecular flexibility index (Phi) is 4.39. The fraction of sp³-hybridized carbons (Fsp3) is 0.278. The highest BCUT2D eigenvalue weighted by molar-refractivity contribution is 5.80. The van der Waals surface area contributed by atoms with Crippen LogP contribution in [-0.2, 0) is 19.4 Å². The van der Waals surface area contributed by atoms with Gasteiger partial charge in [-0.2, -0.15) is 0 Å². The van der Waals surface area contributed by atoms with Gasteiger partial charge in [-0.05, 0) is 30.2 Å². The lowest BCUT2D eigenvalue weighted by Gasteiger charge is -2.06. The van der Waals surface area contributed by atoms with Crippen molar-refractivity contribution in [2.45, 2.75) is 26.3 Å². The average Bonchev–Trinajstić information content (AvgIpc) is 3.04. The second-order valence-electron chi connectivity index (χ2n) is 5.39. The first-order valence-corrected chi connectivity index (χ1v) is 7.66. The Morgan fingerprint density at radius 1 is 1.18 bits per heavy atom. The quantitative estimate of drug-likeness (QED) is 0.561. The number of benzene rings is 1. The molecule has 0 amide bonds.